The molecule has 2 rings (SSSR count). The molecule has 0 aliphatic carbocycles. The molecule has 0 aliphatic rings. The van der Waals surface area contributed by atoms with Crippen LogP contribution in [-0.4, -0.2) is 18.3 Å². The third kappa shape index (κ3) is 6.54. The third-order valence-corrected chi connectivity index (χ3v) is 4.49. The Labute approximate surface area is 174 Å². The number of hydrogen-bond acceptors (Lipinski definition) is 4. The summed E-state index contributed by atoms with van der Waals surface area (Å²) in [6.45, 7) is 10.2. The molecule has 0 radical (unpaired) electrons. The molecule has 0 aliphatic heterocycles. The number of para-hydroxylation sites is 1. The van der Waals surface area contributed by atoms with Crippen LogP contribution in [0.1, 0.15) is 63.1 Å². The van der Waals surface area contributed by atoms with Crippen LogP contribution in [0.3, 0.4) is 0 Å². The summed E-state index contributed by atoms with van der Waals surface area (Å²) in [4.78, 5) is 12.4. The predicted octanol–water partition coefficient (Wildman–Crippen LogP) is 5.19. The third-order valence-electron chi connectivity index (χ3n) is 4.49. The van der Waals surface area contributed by atoms with Crippen molar-refractivity contribution in [2.75, 3.05) is 0 Å². The van der Waals surface area contributed by atoms with Gasteiger partial charge in [-0.25, -0.2) is 0 Å². The summed E-state index contributed by atoms with van der Waals surface area (Å²) >= 11 is 0. The van der Waals surface area contributed by atoms with Crippen LogP contribution in [-0.2, 0) is 16.0 Å². The average Bonchev–Trinajstić information content (AvgIpc) is 2.62. The molecule has 2 atom stereocenters. The van der Waals surface area contributed by atoms with Gasteiger partial charge >= 0.3 is 5.97 Å². The first-order valence-corrected chi connectivity index (χ1v) is 9.59. The second-order valence-electron chi connectivity index (χ2n) is 7.49. The van der Waals surface area contributed by atoms with Crippen molar-refractivity contribution in [3.8, 4) is 5.75 Å². The summed E-state index contributed by atoms with van der Waals surface area (Å²) in [5.41, 5.74) is 9.24. The van der Waals surface area contributed by atoms with Crippen molar-refractivity contribution in [3.63, 3.8) is 0 Å². The Morgan fingerprint density at radius 3 is 1.93 bits per heavy atom. The highest BCUT2D eigenvalue weighted by molar-refractivity contribution is 5.85. The Hall–Kier alpha value is -2.04. The summed E-state index contributed by atoms with van der Waals surface area (Å²) in [5, 5.41) is 0. The van der Waals surface area contributed by atoms with Crippen LogP contribution in [0.2, 0.25) is 0 Å². The molecule has 0 saturated heterocycles. The molecule has 0 spiro atoms. The maximum Gasteiger partial charge on any atom is 0.326 e. The van der Waals surface area contributed by atoms with Crippen LogP contribution in [0.5, 0.6) is 5.75 Å². The highest BCUT2D eigenvalue weighted by atomic mass is 35.5. The average molecular weight is 406 g/mol. The van der Waals surface area contributed by atoms with E-state index >= 15 is 0 Å². The zero-order chi connectivity index (χ0) is 20.0. The second-order valence-corrected chi connectivity index (χ2v) is 7.49. The zero-order valence-electron chi connectivity index (χ0n) is 17.3. The fourth-order valence-corrected chi connectivity index (χ4v) is 3.01. The first-order valence-electron chi connectivity index (χ1n) is 9.59. The van der Waals surface area contributed by atoms with Gasteiger partial charge in [-0.15, -0.1) is 12.4 Å². The minimum absolute atomic E-state index is 0. The van der Waals surface area contributed by atoms with Crippen molar-refractivity contribution in [2.45, 2.75) is 65.2 Å². The Morgan fingerprint density at radius 2 is 1.43 bits per heavy atom. The van der Waals surface area contributed by atoms with Crippen LogP contribution >= 0.6 is 12.4 Å². The van der Waals surface area contributed by atoms with Gasteiger partial charge in [0.2, 0.25) is 6.29 Å². The minimum Gasteiger partial charge on any atom is -0.454 e. The number of halogens is 1. The van der Waals surface area contributed by atoms with Crippen molar-refractivity contribution in [2.24, 2.45) is 5.73 Å². The summed E-state index contributed by atoms with van der Waals surface area (Å²) in [7, 11) is 0. The smallest absolute Gasteiger partial charge is 0.326 e. The molecule has 28 heavy (non-hydrogen) atoms. The van der Waals surface area contributed by atoms with E-state index in [9.17, 15) is 4.79 Å². The summed E-state index contributed by atoms with van der Waals surface area (Å²) in [6.07, 6.45) is -0.275. The molecular formula is C23H32ClNO3. The molecule has 5 heteroatoms. The van der Waals surface area contributed by atoms with Crippen LogP contribution in [0.4, 0.5) is 0 Å². The highest BCUT2D eigenvalue weighted by Crippen LogP contribution is 2.35. The van der Waals surface area contributed by atoms with E-state index in [4.69, 9.17) is 15.2 Å². The molecule has 154 valence electrons. The number of carbonyl (C=O) groups is 1. The van der Waals surface area contributed by atoms with Crippen molar-refractivity contribution in [3.05, 3.63) is 65.2 Å². The SMILES string of the molecule is CC(OC(=O)C(N)Cc1ccccc1)Oc1c(C(C)C)cccc1C(C)C.Cl. The second kappa shape index (κ2) is 11.1. The summed E-state index contributed by atoms with van der Waals surface area (Å²) < 4.78 is 11.5. The topological polar surface area (TPSA) is 61.5 Å². The molecule has 2 aromatic carbocycles. The van der Waals surface area contributed by atoms with E-state index in [0.29, 0.717) is 18.3 Å². The quantitative estimate of drug-likeness (QED) is 0.484. The molecule has 4 nitrogen and oxygen atoms in total. The zero-order valence-corrected chi connectivity index (χ0v) is 18.2. The molecule has 2 N–H and O–H groups in total. The van der Waals surface area contributed by atoms with Gasteiger partial charge < -0.3 is 15.2 Å². The summed E-state index contributed by atoms with van der Waals surface area (Å²) in [5.74, 6) is 0.961. The molecule has 0 amide bonds. The van der Waals surface area contributed by atoms with E-state index in [2.05, 4.69) is 39.8 Å². The van der Waals surface area contributed by atoms with Gasteiger partial charge in [0.15, 0.2) is 0 Å². The molecule has 2 aromatic rings. The maximum atomic E-state index is 12.4. The van der Waals surface area contributed by atoms with Crippen molar-refractivity contribution in [1.29, 1.82) is 0 Å². The van der Waals surface area contributed by atoms with Gasteiger partial charge in [-0.05, 0) is 34.9 Å². The summed E-state index contributed by atoms with van der Waals surface area (Å²) in [6, 6.07) is 15.1. The predicted molar refractivity (Wildman–Crippen MR) is 116 cm³/mol. The fourth-order valence-electron chi connectivity index (χ4n) is 3.01. The number of hydrogen-bond donors (Lipinski definition) is 1. The monoisotopic (exact) mass is 405 g/mol. The Morgan fingerprint density at radius 1 is 0.893 bits per heavy atom. The maximum absolute atomic E-state index is 12.4. The molecule has 0 heterocycles. The van der Waals surface area contributed by atoms with Crippen LogP contribution in [0.25, 0.3) is 0 Å². The lowest BCUT2D eigenvalue weighted by atomic mass is 9.94. The molecule has 0 bridgehead atoms. The lowest BCUT2D eigenvalue weighted by Crippen LogP contribution is -2.37. The molecular weight excluding hydrogens is 374 g/mol. The number of benzene rings is 2. The normalized spacial score (nSPS) is 13.0. The first kappa shape index (κ1) is 24.0. The van der Waals surface area contributed by atoms with E-state index in [1.165, 1.54) is 0 Å². The van der Waals surface area contributed by atoms with Gasteiger partial charge in [-0.2, -0.15) is 0 Å². The Balaban J connectivity index is 0.00000392. The van der Waals surface area contributed by atoms with Gasteiger partial charge in [-0.1, -0.05) is 76.2 Å². The number of nitrogens with two attached hydrogens (primary N) is 1. The molecule has 0 fully saturated rings. The van der Waals surface area contributed by atoms with Gasteiger partial charge in [-0.3, -0.25) is 4.79 Å². The molecule has 0 saturated carbocycles. The van der Waals surface area contributed by atoms with Crippen LogP contribution in [0.15, 0.2) is 48.5 Å². The first-order chi connectivity index (χ1) is 12.8. The molecule has 0 aromatic heterocycles. The van der Waals surface area contributed by atoms with E-state index in [0.717, 1.165) is 22.4 Å². The number of ether oxygens (including phenoxy) is 2. The highest BCUT2D eigenvalue weighted by Gasteiger charge is 2.22. The van der Waals surface area contributed by atoms with Crippen molar-refractivity contribution < 1.29 is 14.3 Å². The fraction of sp³-hybridized carbons (Fsp3) is 0.435. The molecule has 2 unspecified atom stereocenters. The van der Waals surface area contributed by atoms with Gasteiger partial charge in [0.25, 0.3) is 0 Å². The number of rotatable bonds is 8. The van der Waals surface area contributed by atoms with Gasteiger partial charge in [0.05, 0.1) is 0 Å². The van der Waals surface area contributed by atoms with Crippen molar-refractivity contribution >= 4 is 18.4 Å². The van der Waals surface area contributed by atoms with Gasteiger partial charge in [0, 0.05) is 6.92 Å². The van der Waals surface area contributed by atoms with Crippen LogP contribution in [0, 0.1) is 0 Å². The van der Waals surface area contributed by atoms with Gasteiger partial charge in [0.1, 0.15) is 11.8 Å². The Bertz CT molecular complexity index is 721. The van der Waals surface area contributed by atoms with Crippen LogP contribution < -0.4 is 10.5 Å². The largest absolute Gasteiger partial charge is 0.454 e. The van der Waals surface area contributed by atoms with E-state index in [-0.39, 0.29) is 12.4 Å². The lowest BCUT2D eigenvalue weighted by Gasteiger charge is -2.24. The number of esters is 1. The standard InChI is InChI=1S/C23H31NO3.ClH/c1-15(2)19-12-9-13-20(16(3)4)22(19)26-17(5)27-23(25)21(24)14-18-10-7-6-8-11-18;/h6-13,15-17,21H,14,24H2,1-5H3;1H. The van der Waals surface area contributed by atoms with E-state index in [1.54, 1.807) is 6.92 Å². The lowest BCUT2D eigenvalue weighted by molar-refractivity contribution is -0.163. The van der Waals surface area contributed by atoms with Crippen molar-refractivity contribution in [1.82, 2.24) is 0 Å². The minimum atomic E-state index is -0.719. The van der Waals surface area contributed by atoms with E-state index < -0.39 is 18.3 Å². The van der Waals surface area contributed by atoms with E-state index in [1.807, 2.05) is 36.4 Å². The number of carbonyl (C=O) groups excluding carboxylic acids is 1. The Kier molecular flexibility index (Phi) is 9.50.